The summed E-state index contributed by atoms with van der Waals surface area (Å²) in [6, 6.07) is 9.25. The van der Waals surface area contributed by atoms with Crippen molar-refractivity contribution in [1.82, 2.24) is 0 Å². The van der Waals surface area contributed by atoms with Crippen LogP contribution in [0.15, 0.2) is 24.3 Å². The summed E-state index contributed by atoms with van der Waals surface area (Å²) >= 11 is 0. The zero-order valence-corrected chi connectivity index (χ0v) is 29.9. The van der Waals surface area contributed by atoms with Crippen LogP contribution in [0.25, 0.3) is 0 Å². The van der Waals surface area contributed by atoms with E-state index in [1.54, 1.807) is 10.6 Å². The molecule has 0 spiro atoms. The largest absolute Gasteiger partial charge is 2.00 e. The van der Waals surface area contributed by atoms with Crippen molar-refractivity contribution in [1.29, 1.82) is 0 Å². The predicted molar refractivity (Wildman–Crippen MR) is 203 cm³/mol. The molecule has 8 saturated carbocycles. The molecule has 236 valence electrons. The van der Waals surface area contributed by atoms with Crippen molar-refractivity contribution in [3.63, 3.8) is 0 Å². The first-order valence-corrected chi connectivity index (χ1v) is 19.0. The maximum absolute atomic E-state index is 2.39. The minimum atomic E-state index is -0.468. The standard InChI is InChI=1S/C26H16P2.4C5H5.Fe/c1-2-12-26(28-23-15-5-9-19(23)20-10-6-16-24(20)28)25(11-1)27-21-13-3-7-17(21)18-8-4-14-22(18)27;4*1-2-4-5-3-1;/h1-16H;4*1-5H;/q;;;;;+2. The molecule has 8 aliphatic carbocycles. The first kappa shape index (κ1) is 39.3. The van der Waals surface area contributed by atoms with Crippen molar-refractivity contribution in [2.24, 2.45) is 0 Å². The zero-order valence-electron chi connectivity index (χ0n) is 27.0. The minimum Gasteiger partial charge on any atom is -0.0616 e. The third-order valence-corrected chi connectivity index (χ3v) is 13.7. The SMILES string of the molecule is [CH]1[CH][CH][CH][CH]1.[CH]1[CH][CH][CH][CH]1.[CH]1[CH][CH][CH][CH]1.[CH]1[CH][CH][CH][CH]1.[CH]1[CH][C]2[C]3[CH][CH][CH][C]3P(c3ccccc3P3[C]4[CH][CH][CH][C]4[C]4[CH][CH][CH][C]43)[C]2[CH]1.[Fe+2]. The Hall–Kier alpha value is 0.599. The van der Waals surface area contributed by atoms with Gasteiger partial charge < -0.3 is 0 Å². The monoisotopic (exact) mass is 706 g/mol. The molecule has 0 atom stereocenters. The minimum absolute atomic E-state index is 0. The van der Waals surface area contributed by atoms with Crippen LogP contribution in [0, 0.1) is 252 Å². The van der Waals surface area contributed by atoms with Crippen LogP contribution in [0.5, 0.6) is 0 Å². The molecule has 2 saturated heterocycles. The second-order valence-corrected chi connectivity index (χ2v) is 15.5. The molecule has 10 fully saturated rings. The normalized spacial score (nSPS) is 28.1. The summed E-state index contributed by atoms with van der Waals surface area (Å²) in [7, 11) is -0.936. The molecule has 49 heavy (non-hydrogen) atoms. The van der Waals surface area contributed by atoms with Crippen molar-refractivity contribution >= 4 is 26.5 Å². The molecule has 0 nitrogen and oxygen atoms in total. The Labute approximate surface area is 318 Å². The van der Waals surface area contributed by atoms with E-state index in [1.165, 1.54) is 46.3 Å². The Morgan fingerprint density at radius 1 is 0.245 bits per heavy atom. The van der Waals surface area contributed by atoms with Gasteiger partial charge in [-0.1, -0.05) is 40.1 Å². The molecular weight excluding hydrogens is 670 g/mol. The fourth-order valence-electron chi connectivity index (χ4n) is 6.24. The van der Waals surface area contributed by atoms with Crippen LogP contribution in [-0.4, -0.2) is 0 Å². The van der Waals surface area contributed by atoms with Crippen LogP contribution < -0.4 is 10.6 Å². The third kappa shape index (κ3) is 9.83. The van der Waals surface area contributed by atoms with E-state index in [-0.39, 0.29) is 17.1 Å². The van der Waals surface area contributed by atoms with Crippen molar-refractivity contribution in [3.05, 3.63) is 276 Å². The van der Waals surface area contributed by atoms with Crippen LogP contribution in [-0.2, 0) is 17.1 Å². The second kappa shape index (κ2) is 20.9. The van der Waals surface area contributed by atoms with Gasteiger partial charge >= 0.3 is 17.1 Å². The molecule has 0 bridgehead atoms. The van der Waals surface area contributed by atoms with Gasteiger partial charge in [0, 0.05) is 22.6 Å². The van der Waals surface area contributed by atoms with Gasteiger partial charge in [-0.3, -0.25) is 0 Å². The molecule has 40 radical (unpaired) electrons. The average molecular weight is 707 g/mol. The summed E-state index contributed by atoms with van der Waals surface area (Å²) in [5.74, 6) is 5.79. The Morgan fingerprint density at radius 2 is 0.449 bits per heavy atom. The molecule has 0 unspecified atom stereocenters. The van der Waals surface area contributed by atoms with Gasteiger partial charge in [-0.25, -0.2) is 0 Å². The van der Waals surface area contributed by atoms with Crippen LogP contribution in [0.3, 0.4) is 0 Å². The smallest absolute Gasteiger partial charge is 0.0616 e. The number of hydrogen-bond donors (Lipinski definition) is 0. The topological polar surface area (TPSA) is 0 Å². The number of rotatable bonds is 2. The molecule has 3 heteroatoms. The molecule has 1 aromatic rings. The van der Waals surface area contributed by atoms with Crippen molar-refractivity contribution in [3.8, 4) is 0 Å². The van der Waals surface area contributed by atoms with E-state index in [1.807, 2.05) is 128 Å². The summed E-state index contributed by atoms with van der Waals surface area (Å²) in [4.78, 5) is 0. The fourth-order valence-corrected chi connectivity index (χ4v) is 12.2. The van der Waals surface area contributed by atoms with Crippen molar-refractivity contribution < 1.29 is 17.1 Å². The van der Waals surface area contributed by atoms with Gasteiger partial charge in [-0.2, -0.15) is 0 Å². The van der Waals surface area contributed by atoms with Crippen LogP contribution in [0.2, 0.25) is 0 Å². The molecule has 11 rings (SSSR count). The summed E-state index contributed by atoms with van der Waals surface area (Å²) in [5, 5.41) is 3.09. The van der Waals surface area contributed by atoms with Crippen LogP contribution >= 0.6 is 15.8 Å². The van der Waals surface area contributed by atoms with Crippen molar-refractivity contribution in [2.75, 3.05) is 0 Å². The molecular formula is C46H36FeP2+2. The van der Waals surface area contributed by atoms with E-state index in [2.05, 4.69) is 101 Å². The summed E-state index contributed by atoms with van der Waals surface area (Å²) in [5.41, 5.74) is 6.14. The van der Waals surface area contributed by atoms with E-state index in [0.29, 0.717) is 0 Å². The molecule has 0 aromatic heterocycles. The molecule has 0 amide bonds. The molecule has 10 aliphatic rings. The Balaban J connectivity index is 0.000000160. The number of hydrogen-bond acceptors (Lipinski definition) is 0. The number of fused-ring (bicyclic) bond motifs is 6. The third-order valence-electron chi connectivity index (χ3n) is 8.30. The summed E-state index contributed by atoms with van der Waals surface area (Å²) in [6.45, 7) is 0. The van der Waals surface area contributed by atoms with Crippen LogP contribution in [0.4, 0.5) is 0 Å². The molecule has 1 aromatic carbocycles. The van der Waals surface area contributed by atoms with Gasteiger partial charge in [-0.15, -0.1) is 0 Å². The molecule has 2 aliphatic heterocycles. The Morgan fingerprint density at radius 3 is 0.653 bits per heavy atom. The van der Waals surface area contributed by atoms with E-state index in [4.69, 9.17) is 0 Å². The quantitative estimate of drug-likeness (QED) is 0.213. The maximum atomic E-state index is 2.39. The Bertz CT molecular complexity index is 883. The van der Waals surface area contributed by atoms with E-state index in [9.17, 15) is 0 Å². The summed E-state index contributed by atoms with van der Waals surface area (Å²) < 4.78 is 0. The average Bonchev–Trinajstić information content (AvgIpc) is 3.95. The van der Waals surface area contributed by atoms with Crippen LogP contribution in [0.1, 0.15) is 0 Å². The number of benzene rings is 1. The van der Waals surface area contributed by atoms with E-state index < -0.39 is 15.8 Å². The first-order valence-electron chi connectivity index (χ1n) is 16.3. The van der Waals surface area contributed by atoms with E-state index in [0.717, 1.165) is 0 Å². The van der Waals surface area contributed by atoms with Crippen molar-refractivity contribution in [2.45, 2.75) is 0 Å². The zero-order chi connectivity index (χ0) is 32.4. The van der Waals surface area contributed by atoms with Gasteiger partial charge in [0.1, 0.15) is 0 Å². The summed E-state index contributed by atoms with van der Waals surface area (Å²) in [6.07, 6.45) is 67.5. The molecule has 2 heterocycles. The van der Waals surface area contributed by atoms with Gasteiger partial charge in [0.15, 0.2) is 0 Å². The first-order chi connectivity index (χ1) is 23.9. The molecule has 0 N–H and O–H groups in total. The second-order valence-electron chi connectivity index (χ2n) is 11.3. The fraction of sp³-hybridized carbons (Fsp3) is 0. The maximum Gasteiger partial charge on any atom is 2.00 e. The van der Waals surface area contributed by atoms with Gasteiger partial charge in [0.25, 0.3) is 0 Å². The van der Waals surface area contributed by atoms with Gasteiger partial charge in [0.05, 0.1) is 0 Å². The van der Waals surface area contributed by atoms with Gasteiger partial charge in [0.2, 0.25) is 0 Å². The predicted octanol–water partition coefficient (Wildman–Crippen LogP) is 8.94. The van der Waals surface area contributed by atoms with Gasteiger partial charge in [-0.05, 0) is 240 Å². The van der Waals surface area contributed by atoms with E-state index >= 15 is 0 Å². The Kier molecular flexibility index (Phi) is 16.8.